The number of imidazole rings is 1. The molecule has 2 fully saturated rings. The first-order valence-electron chi connectivity index (χ1n) is 9.00. The molecule has 0 radical (unpaired) electrons. The number of hydrogen-bond donors (Lipinski definition) is 1. The summed E-state index contributed by atoms with van der Waals surface area (Å²) in [5, 5.41) is 3.55. The fourth-order valence-electron chi connectivity index (χ4n) is 4.12. The molecule has 1 aliphatic heterocycles. The summed E-state index contributed by atoms with van der Waals surface area (Å²) in [7, 11) is 1.96. The van der Waals surface area contributed by atoms with E-state index in [1.54, 1.807) is 12.7 Å². The molecule has 1 saturated carbocycles. The summed E-state index contributed by atoms with van der Waals surface area (Å²) in [5.41, 5.74) is 1.74. The van der Waals surface area contributed by atoms with Gasteiger partial charge in [0.25, 0.3) is 0 Å². The van der Waals surface area contributed by atoms with E-state index in [1.807, 2.05) is 11.6 Å². The summed E-state index contributed by atoms with van der Waals surface area (Å²) in [4.78, 5) is 15.8. The number of aromatic nitrogens is 4. The summed E-state index contributed by atoms with van der Waals surface area (Å²) < 4.78 is 7.45. The van der Waals surface area contributed by atoms with Crippen molar-refractivity contribution in [3.8, 4) is 0 Å². The number of morpholine rings is 1. The molecule has 0 aromatic carbocycles. The maximum Gasteiger partial charge on any atom is 0.165 e. The second kappa shape index (κ2) is 7.03. The first-order valence-corrected chi connectivity index (χ1v) is 9.00. The number of nitrogens with zero attached hydrogens (tertiary/aromatic N) is 5. The maximum absolute atomic E-state index is 5.52. The summed E-state index contributed by atoms with van der Waals surface area (Å²) in [6, 6.07) is 0.663. The zero-order valence-corrected chi connectivity index (χ0v) is 14.3. The summed E-state index contributed by atoms with van der Waals surface area (Å²) >= 11 is 0. The second-order valence-electron chi connectivity index (χ2n) is 6.89. The van der Waals surface area contributed by atoms with Gasteiger partial charge in [-0.05, 0) is 18.8 Å². The Morgan fingerprint density at radius 1 is 1.17 bits per heavy atom. The number of aryl methyl sites for hydroxylation is 1. The topological polar surface area (TPSA) is 68.1 Å². The molecule has 7 heteroatoms. The standard InChI is InChI=1S/C17H26N6O/c1-22-12-21-15-16(19-11-20-17(15)22)18-10-13-4-2-3-5-14(13)23-6-8-24-9-7-23/h11-14H,2-10H2,1H3,(H,18,19,20)/t13-,14-/m0/s1. The van der Waals surface area contributed by atoms with Gasteiger partial charge in [0.05, 0.1) is 19.5 Å². The quantitative estimate of drug-likeness (QED) is 0.920. The van der Waals surface area contributed by atoms with E-state index in [4.69, 9.17) is 4.74 Å². The van der Waals surface area contributed by atoms with Gasteiger partial charge in [-0.2, -0.15) is 0 Å². The maximum atomic E-state index is 5.52. The fraction of sp³-hybridized carbons (Fsp3) is 0.706. The van der Waals surface area contributed by atoms with Crippen LogP contribution in [0.25, 0.3) is 11.2 Å². The predicted octanol–water partition coefficient (Wildman–Crippen LogP) is 1.67. The molecule has 130 valence electrons. The molecule has 1 aliphatic carbocycles. The predicted molar refractivity (Wildman–Crippen MR) is 92.9 cm³/mol. The van der Waals surface area contributed by atoms with Crippen molar-refractivity contribution in [3.05, 3.63) is 12.7 Å². The van der Waals surface area contributed by atoms with E-state index < -0.39 is 0 Å². The van der Waals surface area contributed by atoms with E-state index in [9.17, 15) is 0 Å². The Hall–Kier alpha value is -1.73. The highest BCUT2D eigenvalue weighted by molar-refractivity contribution is 5.82. The average molecular weight is 330 g/mol. The van der Waals surface area contributed by atoms with Gasteiger partial charge in [0.1, 0.15) is 11.8 Å². The minimum Gasteiger partial charge on any atom is -0.379 e. The number of ether oxygens (including phenoxy) is 1. The van der Waals surface area contributed by atoms with E-state index in [-0.39, 0.29) is 0 Å². The van der Waals surface area contributed by atoms with Gasteiger partial charge in [-0.25, -0.2) is 15.0 Å². The van der Waals surface area contributed by atoms with Crippen LogP contribution in [0.4, 0.5) is 5.82 Å². The van der Waals surface area contributed by atoms with Crippen molar-refractivity contribution in [1.29, 1.82) is 0 Å². The molecular weight excluding hydrogens is 304 g/mol. The summed E-state index contributed by atoms with van der Waals surface area (Å²) in [5.74, 6) is 1.51. The molecule has 0 amide bonds. The molecule has 2 aromatic heterocycles. The zero-order chi connectivity index (χ0) is 16.4. The number of anilines is 1. The molecule has 1 N–H and O–H groups in total. The monoisotopic (exact) mass is 330 g/mol. The minimum absolute atomic E-state index is 0.658. The minimum atomic E-state index is 0.658. The molecule has 0 spiro atoms. The Bertz CT molecular complexity index is 681. The molecule has 1 saturated heterocycles. The van der Waals surface area contributed by atoms with Crippen LogP contribution in [0.3, 0.4) is 0 Å². The lowest BCUT2D eigenvalue weighted by atomic mass is 9.83. The molecule has 0 unspecified atom stereocenters. The zero-order valence-electron chi connectivity index (χ0n) is 14.3. The lowest BCUT2D eigenvalue weighted by Crippen LogP contribution is -2.49. The van der Waals surface area contributed by atoms with Crippen LogP contribution in [-0.2, 0) is 11.8 Å². The summed E-state index contributed by atoms with van der Waals surface area (Å²) in [6.07, 6.45) is 8.67. The van der Waals surface area contributed by atoms with Crippen molar-refractivity contribution in [3.63, 3.8) is 0 Å². The van der Waals surface area contributed by atoms with Gasteiger partial charge < -0.3 is 14.6 Å². The molecule has 24 heavy (non-hydrogen) atoms. The molecule has 7 nitrogen and oxygen atoms in total. The van der Waals surface area contributed by atoms with Crippen molar-refractivity contribution < 1.29 is 4.74 Å². The number of hydrogen-bond acceptors (Lipinski definition) is 6. The van der Waals surface area contributed by atoms with Crippen LogP contribution < -0.4 is 5.32 Å². The lowest BCUT2D eigenvalue weighted by molar-refractivity contribution is -0.00540. The van der Waals surface area contributed by atoms with Crippen LogP contribution in [-0.4, -0.2) is 63.3 Å². The Morgan fingerprint density at radius 3 is 2.88 bits per heavy atom. The normalized spacial score (nSPS) is 25.9. The molecule has 2 atom stereocenters. The van der Waals surface area contributed by atoms with Crippen molar-refractivity contribution in [2.75, 3.05) is 38.2 Å². The third-order valence-corrected chi connectivity index (χ3v) is 5.41. The van der Waals surface area contributed by atoms with Gasteiger partial charge >= 0.3 is 0 Å². The lowest BCUT2D eigenvalue weighted by Gasteiger charge is -2.41. The van der Waals surface area contributed by atoms with E-state index in [2.05, 4.69) is 25.2 Å². The number of rotatable bonds is 4. The van der Waals surface area contributed by atoms with Gasteiger partial charge in [-0.3, -0.25) is 4.90 Å². The van der Waals surface area contributed by atoms with Crippen LogP contribution in [0.5, 0.6) is 0 Å². The van der Waals surface area contributed by atoms with Crippen LogP contribution in [0.2, 0.25) is 0 Å². The molecule has 2 aliphatic rings. The highest BCUT2D eigenvalue weighted by atomic mass is 16.5. The van der Waals surface area contributed by atoms with E-state index in [0.29, 0.717) is 12.0 Å². The van der Waals surface area contributed by atoms with Crippen LogP contribution in [0.15, 0.2) is 12.7 Å². The average Bonchev–Trinajstić information content (AvgIpc) is 3.03. The Morgan fingerprint density at radius 2 is 2.00 bits per heavy atom. The first kappa shape index (κ1) is 15.8. The number of fused-ring (bicyclic) bond motifs is 1. The van der Waals surface area contributed by atoms with Crippen molar-refractivity contribution in [2.24, 2.45) is 13.0 Å². The summed E-state index contributed by atoms with van der Waals surface area (Å²) in [6.45, 7) is 4.83. The van der Waals surface area contributed by atoms with Gasteiger partial charge in [0.15, 0.2) is 11.5 Å². The van der Waals surface area contributed by atoms with Gasteiger partial charge in [-0.1, -0.05) is 12.8 Å². The molecule has 2 aromatic rings. The highest BCUT2D eigenvalue weighted by Crippen LogP contribution is 2.29. The van der Waals surface area contributed by atoms with E-state index in [1.165, 1.54) is 25.7 Å². The second-order valence-corrected chi connectivity index (χ2v) is 6.89. The van der Waals surface area contributed by atoms with Gasteiger partial charge in [0, 0.05) is 32.7 Å². The molecule has 0 bridgehead atoms. The Kier molecular flexibility index (Phi) is 4.62. The SMILES string of the molecule is Cn1cnc2c(NC[C@@H]3CCCC[C@@H]3N3CCOCC3)ncnc21. The smallest absolute Gasteiger partial charge is 0.165 e. The van der Waals surface area contributed by atoms with Crippen LogP contribution in [0.1, 0.15) is 25.7 Å². The third-order valence-electron chi connectivity index (χ3n) is 5.41. The Labute approximate surface area is 142 Å². The number of nitrogens with one attached hydrogen (secondary N) is 1. The Balaban J connectivity index is 1.46. The van der Waals surface area contributed by atoms with Gasteiger partial charge in [0.2, 0.25) is 0 Å². The molecule has 3 heterocycles. The van der Waals surface area contributed by atoms with Crippen molar-refractivity contribution in [2.45, 2.75) is 31.7 Å². The van der Waals surface area contributed by atoms with Gasteiger partial charge in [-0.15, -0.1) is 0 Å². The van der Waals surface area contributed by atoms with Crippen LogP contribution in [0, 0.1) is 5.92 Å². The largest absolute Gasteiger partial charge is 0.379 e. The third kappa shape index (κ3) is 3.10. The fourth-order valence-corrected chi connectivity index (χ4v) is 4.12. The van der Waals surface area contributed by atoms with E-state index >= 15 is 0 Å². The van der Waals surface area contributed by atoms with Crippen LogP contribution >= 0.6 is 0 Å². The first-order chi connectivity index (χ1) is 11.8. The highest BCUT2D eigenvalue weighted by Gasteiger charge is 2.31. The van der Waals surface area contributed by atoms with Crippen molar-refractivity contribution >= 4 is 17.0 Å². The molecular formula is C17H26N6O. The van der Waals surface area contributed by atoms with Crippen molar-refractivity contribution in [1.82, 2.24) is 24.4 Å². The molecule has 4 rings (SSSR count). The van der Waals surface area contributed by atoms with E-state index in [0.717, 1.165) is 49.8 Å².